The maximum atomic E-state index is 12.0. The molecule has 0 fully saturated rings. The average Bonchev–Trinajstić information content (AvgIpc) is 2.66. The van der Waals surface area contributed by atoms with E-state index < -0.39 is 18.5 Å². The van der Waals surface area contributed by atoms with Crippen LogP contribution in [0.3, 0.4) is 0 Å². The molecule has 148 valence electrons. The van der Waals surface area contributed by atoms with E-state index in [1.54, 1.807) is 24.3 Å². The van der Waals surface area contributed by atoms with Gasteiger partial charge in [-0.1, -0.05) is 24.3 Å². The van der Waals surface area contributed by atoms with Gasteiger partial charge in [0.1, 0.15) is 5.75 Å². The minimum Gasteiger partial charge on any atom is -0.481 e. The summed E-state index contributed by atoms with van der Waals surface area (Å²) in [5, 5.41) is 5.27. The second kappa shape index (κ2) is 10.1. The van der Waals surface area contributed by atoms with Gasteiger partial charge in [-0.05, 0) is 50.1 Å². The van der Waals surface area contributed by atoms with E-state index in [-0.39, 0.29) is 12.5 Å². The molecule has 0 atom stereocenters. The summed E-state index contributed by atoms with van der Waals surface area (Å²) in [6.07, 6.45) is 0. The maximum Gasteiger partial charge on any atom is 0.344 e. The van der Waals surface area contributed by atoms with Gasteiger partial charge in [-0.25, -0.2) is 4.79 Å². The van der Waals surface area contributed by atoms with E-state index in [0.717, 1.165) is 11.1 Å². The molecular formula is C21H24N2O5. The van der Waals surface area contributed by atoms with Crippen molar-refractivity contribution < 1.29 is 23.9 Å². The molecule has 0 bridgehead atoms. The standard InChI is InChI=1S/C21H24N2O5/c1-4-22-21(26)16-9-6-10-17(11-16)23-18(24)12-27-19(25)13-28-20-14(2)7-5-8-15(20)3/h5-11H,4,12-13H2,1-3H3,(H,22,26)(H,23,24). The Balaban J connectivity index is 1.81. The van der Waals surface area contributed by atoms with Crippen LogP contribution in [0.15, 0.2) is 42.5 Å². The third-order valence-electron chi connectivity index (χ3n) is 3.85. The molecular weight excluding hydrogens is 360 g/mol. The van der Waals surface area contributed by atoms with Crippen molar-refractivity contribution >= 4 is 23.5 Å². The highest BCUT2D eigenvalue weighted by Gasteiger charge is 2.12. The van der Waals surface area contributed by atoms with E-state index in [4.69, 9.17) is 9.47 Å². The fourth-order valence-electron chi connectivity index (χ4n) is 2.54. The van der Waals surface area contributed by atoms with Crippen LogP contribution in [0.2, 0.25) is 0 Å². The Morgan fingerprint density at radius 2 is 1.64 bits per heavy atom. The van der Waals surface area contributed by atoms with Gasteiger partial charge in [-0.3, -0.25) is 9.59 Å². The number of carbonyl (C=O) groups excluding carboxylic acids is 3. The third kappa shape index (κ3) is 6.12. The summed E-state index contributed by atoms with van der Waals surface area (Å²) in [6, 6.07) is 12.2. The third-order valence-corrected chi connectivity index (χ3v) is 3.85. The summed E-state index contributed by atoms with van der Waals surface area (Å²) in [5.74, 6) is -0.748. The Morgan fingerprint density at radius 1 is 0.964 bits per heavy atom. The lowest BCUT2D eigenvalue weighted by Gasteiger charge is -2.12. The Morgan fingerprint density at radius 3 is 2.32 bits per heavy atom. The smallest absolute Gasteiger partial charge is 0.344 e. The van der Waals surface area contributed by atoms with Crippen molar-refractivity contribution in [2.75, 3.05) is 25.1 Å². The van der Waals surface area contributed by atoms with E-state index in [1.807, 2.05) is 39.0 Å². The molecule has 2 aromatic rings. The van der Waals surface area contributed by atoms with Gasteiger partial charge >= 0.3 is 5.97 Å². The van der Waals surface area contributed by atoms with Crippen LogP contribution in [-0.4, -0.2) is 37.5 Å². The van der Waals surface area contributed by atoms with Gasteiger partial charge in [-0.2, -0.15) is 0 Å². The van der Waals surface area contributed by atoms with Gasteiger partial charge < -0.3 is 20.1 Å². The number of hydrogen-bond donors (Lipinski definition) is 2. The first-order valence-electron chi connectivity index (χ1n) is 8.93. The highest BCUT2D eigenvalue weighted by molar-refractivity contribution is 5.97. The molecule has 0 aliphatic carbocycles. The van der Waals surface area contributed by atoms with E-state index in [0.29, 0.717) is 23.5 Å². The number of nitrogens with one attached hydrogen (secondary N) is 2. The fraction of sp³-hybridized carbons (Fsp3) is 0.286. The summed E-state index contributed by atoms with van der Waals surface area (Å²) in [4.78, 5) is 35.6. The topological polar surface area (TPSA) is 93.7 Å². The Kier molecular flexibility index (Phi) is 7.56. The van der Waals surface area contributed by atoms with Crippen molar-refractivity contribution in [3.63, 3.8) is 0 Å². The van der Waals surface area contributed by atoms with Crippen LogP contribution in [0.5, 0.6) is 5.75 Å². The Hall–Kier alpha value is -3.35. The lowest BCUT2D eigenvalue weighted by molar-refractivity contribution is -0.149. The zero-order valence-corrected chi connectivity index (χ0v) is 16.2. The van der Waals surface area contributed by atoms with Crippen LogP contribution in [0.4, 0.5) is 5.69 Å². The normalized spacial score (nSPS) is 10.1. The van der Waals surface area contributed by atoms with E-state index in [1.165, 1.54) is 0 Å². The molecule has 2 aromatic carbocycles. The van der Waals surface area contributed by atoms with Gasteiger partial charge in [0.05, 0.1) is 0 Å². The average molecular weight is 384 g/mol. The van der Waals surface area contributed by atoms with Crippen molar-refractivity contribution in [1.29, 1.82) is 0 Å². The van der Waals surface area contributed by atoms with Gasteiger partial charge in [0, 0.05) is 17.8 Å². The van der Waals surface area contributed by atoms with E-state index in [2.05, 4.69) is 10.6 Å². The lowest BCUT2D eigenvalue weighted by atomic mass is 10.1. The van der Waals surface area contributed by atoms with E-state index >= 15 is 0 Å². The van der Waals surface area contributed by atoms with Crippen molar-refractivity contribution in [2.45, 2.75) is 20.8 Å². The molecule has 7 nitrogen and oxygen atoms in total. The number of anilines is 1. The van der Waals surface area contributed by atoms with Gasteiger partial charge in [0.25, 0.3) is 11.8 Å². The fourth-order valence-corrected chi connectivity index (χ4v) is 2.54. The summed E-state index contributed by atoms with van der Waals surface area (Å²) in [7, 11) is 0. The number of hydrogen-bond acceptors (Lipinski definition) is 5. The largest absolute Gasteiger partial charge is 0.481 e. The number of esters is 1. The quantitative estimate of drug-likeness (QED) is 0.683. The first-order valence-corrected chi connectivity index (χ1v) is 8.93. The monoisotopic (exact) mass is 384 g/mol. The summed E-state index contributed by atoms with van der Waals surface area (Å²) < 4.78 is 10.4. The molecule has 0 aliphatic heterocycles. The minimum absolute atomic E-state index is 0.228. The molecule has 0 spiro atoms. The molecule has 0 aliphatic rings. The number of benzene rings is 2. The summed E-state index contributed by atoms with van der Waals surface area (Å²) >= 11 is 0. The van der Waals surface area contributed by atoms with Gasteiger partial charge in [-0.15, -0.1) is 0 Å². The maximum absolute atomic E-state index is 12.0. The Labute approximate surface area is 164 Å². The number of para-hydroxylation sites is 1. The number of aryl methyl sites for hydroxylation is 2. The Bertz CT molecular complexity index is 843. The molecule has 2 amide bonds. The van der Waals surface area contributed by atoms with Crippen LogP contribution < -0.4 is 15.4 Å². The molecule has 2 N–H and O–H groups in total. The molecule has 7 heteroatoms. The molecule has 0 heterocycles. The first-order chi connectivity index (χ1) is 13.4. The van der Waals surface area contributed by atoms with Crippen LogP contribution in [0, 0.1) is 13.8 Å². The molecule has 0 aromatic heterocycles. The van der Waals surface area contributed by atoms with Crippen LogP contribution in [0.25, 0.3) is 0 Å². The molecule has 0 radical (unpaired) electrons. The summed E-state index contributed by atoms with van der Waals surface area (Å²) in [6.45, 7) is 5.37. The number of ether oxygens (including phenoxy) is 2. The summed E-state index contributed by atoms with van der Waals surface area (Å²) in [5.41, 5.74) is 2.70. The number of amides is 2. The van der Waals surface area contributed by atoms with Crippen LogP contribution in [-0.2, 0) is 14.3 Å². The molecule has 2 rings (SSSR count). The van der Waals surface area contributed by atoms with Gasteiger partial charge in [0.2, 0.25) is 0 Å². The minimum atomic E-state index is -0.645. The molecule has 0 saturated carbocycles. The second-order valence-corrected chi connectivity index (χ2v) is 6.16. The SMILES string of the molecule is CCNC(=O)c1cccc(NC(=O)COC(=O)COc2c(C)cccc2C)c1. The molecule has 0 saturated heterocycles. The van der Waals surface area contributed by atoms with Crippen molar-refractivity contribution in [3.8, 4) is 5.75 Å². The number of rotatable bonds is 8. The van der Waals surface area contributed by atoms with Crippen LogP contribution in [0.1, 0.15) is 28.4 Å². The zero-order chi connectivity index (χ0) is 20.5. The highest BCUT2D eigenvalue weighted by Crippen LogP contribution is 2.22. The van der Waals surface area contributed by atoms with Crippen molar-refractivity contribution in [1.82, 2.24) is 5.32 Å². The van der Waals surface area contributed by atoms with E-state index in [9.17, 15) is 14.4 Å². The van der Waals surface area contributed by atoms with Crippen molar-refractivity contribution in [3.05, 3.63) is 59.2 Å². The molecule has 28 heavy (non-hydrogen) atoms. The second-order valence-electron chi connectivity index (χ2n) is 6.16. The zero-order valence-electron chi connectivity index (χ0n) is 16.2. The highest BCUT2D eigenvalue weighted by atomic mass is 16.6. The molecule has 0 unspecified atom stereocenters. The van der Waals surface area contributed by atoms with Gasteiger partial charge in [0.15, 0.2) is 13.2 Å². The predicted octanol–water partition coefficient (Wildman–Crippen LogP) is 2.61. The predicted molar refractivity (Wildman–Crippen MR) is 105 cm³/mol. The van der Waals surface area contributed by atoms with Crippen molar-refractivity contribution in [2.24, 2.45) is 0 Å². The number of carbonyl (C=O) groups is 3. The van der Waals surface area contributed by atoms with Crippen LogP contribution >= 0.6 is 0 Å². The first kappa shape index (κ1) is 21.0. The lowest BCUT2D eigenvalue weighted by Crippen LogP contribution is -2.25.